The lowest BCUT2D eigenvalue weighted by Crippen LogP contribution is -3.05. The summed E-state index contributed by atoms with van der Waals surface area (Å²) in [5, 5.41) is 9.98. The van der Waals surface area contributed by atoms with Crippen LogP contribution in [0.2, 0.25) is 0 Å². The molecule has 1 aromatic rings. The second kappa shape index (κ2) is 3.01. The number of hydrogen-bond donors (Lipinski definition) is 2. The van der Waals surface area contributed by atoms with Crippen LogP contribution in [-0.2, 0) is 0 Å². The van der Waals surface area contributed by atoms with Gasteiger partial charge in [0.05, 0.1) is 5.56 Å². The minimum atomic E-state index is 0.453. The molecule has 2 rings (SSSR count). The molecule has 0 spiro atoms. The van der Waals surface area contributed by atoms with Crippen LogP contribution in [0.15, 0.2) is 28.7 Å². The minimum Gasteiger partial charge on any atom is -0.213 e. The van der Waals surface area contributed by atoms with Crippen molar-refractivity contribution in [2.45, 2.75) is 0 Å². The van der Waals surface area contributed by atoms with Crippen molar-refractivity contribution in [3.63, 3.8) is 0 Å². The summed E-state index contributed by atoms with van der Waals surface area (Å²) in [5.41, 5.74) is 2.01. The third kappa shape index (κ3) is 1.20. The summed E-state index contributed by atoms with van der Waals surface area (Å²) >= 11 is 3.43. The van der Waals surface area contributed by atoms with Gasteiger partial charge in [-0.2, -0.15) is 5.06 Å². The first kappa shape index (κ1) is 7.98. The van der Waals surface area contributed by atoms with E-state index < -0.39 is 0 Å². The highest BCUT2D eigenvalue weighted by Gasteiger charge is 2.17. The zero-order chi connectivity index (χ0) is 8.55. The topological polar surface area (TPSA) is 24.7 Å². The number of nitrogens with one attached hydrogen (secondary N) is 1. The Labute approximate surface area is 79.2 Å². The molecule has 0 radical (unpaired) electrons. The summed E-state index contributed by atoms with van der Waals surface area (Å²) in [4.78, 5) is 0. The average molecular weight is 227 g/mol. The van der Waals surface area contributed by atoms with E-state index in [0.717, 1.165) is 15.7 Å². The molecule has 2 N–H and O–H groups in total. The van der Waals surface area contributed by atoms with Gasteiger partial charge in [-0.1, -0.05) is 6.07 Å². The van der Waals surface area contributed by atoms with Crippen molar-refractivity contribution in [3.8, 4) is 0 Å². The predicted molar refractivity (Wildman–Crippen MR) is 50.5 cm³/mol. The van der Waals surface area contributed by atoms with Crippen LogP contribution in [0.25, 0.3) is 6.08 Å². The Morgan fingerprint density at radius 3 is 3.00 bits per heavy atom. The highest BCUT2D eigenvalue weighted by molar-refractivity contribution is 9.10. The van der Waals surface area contributed by atoms with Gasteiger partial charge in [-0.05, 0) is 34.1 Å². The van der Waals surface area contributed by atoms with E-state index in [4.69, 9.17) is 0 Å². The van der Waals surface area contributed by atoms with E-state index in [1.807, 2.05) is 30.4 Å². The lowest BCUT2D eigenvalue weighted by molar-refractivity contribution is -1.03. The van der Waals surface area contributed by atoms with Gasteiger partial charge in [0.1, 0.15) is 6.54 Å². The first-order chi connectivity index (χ1) is 5.79. The lowest BCUT2D eigenvalue weighted by Gasteiger charge is -2.15. The third-order valence-electron chi connectivity index (χ3n) is 1.96. The molecule has 3 heteroatoms. The summed E-state index contributed by atoms with van der Waals surface area (Å²) in [6.45, 7) is 0.642. The Kier molecular flexibility index (Phi) is 2.00. The second-order valence-corrected chi connectivity index (χ2v) is 3.61. The van der Waals surface area contributed by atoms with E-state index in [0.29, 0.717) is 11.6 Å². The molecule has 1 unspecified atom stereocenters. The van der Waals surface area contributed by atoms with Crippen LogP contribution in [0, 0.1) is 0 Å². The molecule has 12 heavy (non-hydrogen) atoms. The van der Waals surface area contributed by atoms with Crippen molar-refractivity contribution < 1.29 is 10.3 Å². The smallest absolute Gasteiger partial charge is 0.172 e. The van der Waals surface area contributed by atoms with E-state index >= 15 is 0 Å². The molecule has 1 aliphatic rings. The Balaban J connectivity index is 2.61. The first-order valence-electron chi connectivity index (χ1n) is 3.79. The number of benzene rings is 1. The van der Waals surface area contributed by atoms with Crippen LogP contribution in [-0.4, -0.2) is 11.8 Å². The van der Waals surface area contributed by atoms with Gasteiger partial charge < -0.3 is 0 Å². The van der Waals surface area contributed by atoms with Crippen LogP contribution in [0.4, 0.5) is 5.69 Å². The van der Waals surface area contributed by atoms with Crippen LogP contribution in [0.3, 0.4) is 0 Å². The van der Waals surface area contributed by atoms with Gasteiger partial charge in [-0.15, -0.1) is 0 Å². The van der Waals surface area contributed by atoms with Crippen molar-refractivity contribution in [3.05, 3.63) is 34.3 Å². The fraction of sp³-hybridized carbons (Fsp3) is 0.111. The number of fused-ring (bicyclic) bond motifs is 1. The van der Waals surface area contributed by atoms with Crippen molar-refractivity contribution in [2.24, 2.45) is 0 Å². The van der Waals surface area contributed by atoms with Crippen molar-refractivity contribution in [1.29, 1.82) is 0 Å². The van der Waals surface area contributed by atoms with E-state index in [9.17, 15) is 5.21 Å². The Morgan fingerprint density at radius 1 is 1.42 bits per heavy atom. The van der Waals surface area contributed by atoms with Gasteiger partial charge in [0.15, 0.2) is 5.69 Å². The Morgan fingerprint density at radius 2 is 2.25 bits per heavy atom. The Bertz CT molecular complexity index is 335. The fourth-order valence-electron chi connectivity index (χ4n) is 1.36. The van der Waals surface area contributed by atoms with Gasteiger partial charge in [-0.3, -0.25) is 0 Å². The lowest BCUT2D eigenvalue weighted by atomic mass is 10.1. The molecule has 0 fully saturated rings. The number of rotatable bonds is 0. The van der Waals surface area contributed by atoms with E-state index in [-0.39, 0.29) is 0 Å². The van der Waals surface area contributed by atoms with Crippen LogP contribution < -0.4 is 5.06 Å². The van der Waals surface area contributed by atoms with Crippen LogP contribution in [0.1, 0.15) is 5.56 Å². The van der Waals surface area contributed by atoms with E-state index in [2.05, 4.69) is 15.9 Å². The second-order valence-electron chi connectivity index (χ2n) is 2.75. The molecule has 1 aliphatic heterocycles. The molecule has 0 bridgehead atoms. The van der Waals surface area contributed by atoms with Gasteiger partial charge in [0.2, 0.25) is 0 Å². The van der Waals surface area contributed by atoms with Crippen molar-refractivity contribution in [2.75, 3.05) is 6.54 Å². The maximum absolute atomic E-state index is 9.53. The van der Waals surface area contributed by atoms with Gasteiger partial charge in [-0.25, -0.2) is 5.21 Å². The van der Waals surface area contributed by atoms with Crippen LogP contribution in [0.5, 0.6) is 0 Å². The van der Waals surface area contributed by atoms with Gasteiger partial charge >= 0.3 is 0 Å². The van der Waals surface area contributed by atoms with Crippen molar-refractivity contribution >= 4 is 27.7 Å². The summed E-state index contributed by atoms with van der Waals surface area (Å²) < 4.78 is 1.03. The minimum absolute atomic E-state index is 0.453. The number of hydroxylamine groups is 1. The summed E-state index contributed by atoms with van der Waals surface area (Å²) in [6.07, 6.45) is 3.99. The zero-order valence-electron chi connectivity index (χ0n) is 6.42. The number of halogens is 1. The highest BCUT2D eigenvalue weighted by Crippen LogP contribution is 2.24. The molecule has 62 valence electrons. The maximum atomic E-state index is 9.53. The normalized spacial score (nSPS) is 20.7. The molecule has 1 aromatic carbocycles. The molecule has 0 saturated heterocycles. The summed E-state index contributed by atoms with van der Waals surface area (Å²) in [7, 11) is 0. The van der Waals surface area contributed by atoms with Crippen LogP contribution >= 0.6 is 15.9 Å². The van der Waals surface area contributed by atoms with E-state index in [1.165, 1.54) is 0 Å². The molecular formula is C9H9BrNO+. The van der Waals surface area contributed by atoms with Gasteiger partial charge in [0.25, 0.3) is 0 Å². The molecule has 0 saturated carbocycles. The first-order valence-corrected chi connectivity index (χ1v) is 4.58. The molecule has 2 nitrogen and oxygen atoms in total. The zero-order valence-corrected chi connectivity index (χ0v) is 8.01. The highest BCUT2D eigenvalue weighted by atomic mass is 79.9. The summed E-state index contributed by atoms with van der Waals surface area (Å²) in [5.74, 6) is 0. The molecule has 0 aliphatic carbocycles. The molecular weight excluding hydrogens is 218 g/mol. The maximum Gasteiger partial charge on any atom is 0.172 e. The van der Waals surface area contributed by atoms with Crippen molar-refractivity contribution in [1.82, 2.24) is 0 Å². The third-order valence-corrected chi connectivity index (χ3v) is 2.65. The largest absolute Gasteiger partial charge is 0.213 e. The summed E-state index contributed by atoms with van der Waals surface area (Å²) in [6, 6.07) is 5.83. The SMILES string of the molecule is O[NH+]1CC=Cc2c(Br)cccc21. The molecule has 0 amide bonds. The predicted octanol–water partition coefficient (Wildman–Crippen LogP) is 1.38. The molecule has 1 heterocycles. The quantitative estimate of drug-likeness (QED) is 0.687. The average Bonchev–Trinajstić information content (AvgIpc) is 2.07. The van der Waals surface area contributed by atoms with Gasteiger partial charge in [0, 0.05) is 10.5 Å². The number of quaternary nitrogens is 1. The monoisotopic (exact) mass is 226 g/mol. The Hall–Kier alpha value is -0.640. The van der Waals surface area contributed by atoms with E-state index in [1.54, 1.807) is 0 Å². The molecule has 1 atom stereocenters. The molecule has 0 aromatic heterocycles. The number of hydrogen-bond acceptors (Lipinski definition) is 1. The standard InChI is InChI=1S/C9H8BrNO/c10-8-4-1-5-9-7(8)3-2-6-11(9)12/h1-5,12H,6H2/p+1. The fourth-order valence-corrected chi connectivity index (χ4v) is 1.85.